The van der Waals surface area contributed by atoms with Gasteiger partial charge in [0, 0.05) is 36.6 Å². The number of aliphatic hydroxyl groups excluding tert-OH is 2. The molecule has 1 fully saturated rings. The first-order chi connectivity index (χ1) is 20.5. The van der Waals surface area contributed by atoms with Crippen molar-refractivity contribution in [3.05, 3.63) is 119 Å². The largest absolute Gasteiger partial charge is 0.391 e. The first-order valence-electron chi connectivity index (χ1n) is 14.8. The van der Waals surface area contributed by atoms with Crippen LogP contribution in [0.2, 0.25) is 10.1 Å². The van der Waals surface area contributed by atoms with Crippen molar-refractivity contribution >= 4 is 35.7 Å². The number of halogens is 2. The lowest BCUT2D eigenvalue weighted by Crippen LogP contribution is -2.68. The van der Waals surface area contributed by atoms with Crippen LogP contribution in [0.5, 0.6) is 0 Å². The fourth-order valence-electron chi connectivity index (χ4n) is 6.93. The molecule has 0 spiro atoms. The van der Waals surface area contributed by atoms with Crippen LogP contribution in [0.4, 0.5) is 10.1 Å². The third-order valence-electron chi connectivity index (χ3n) is 8.63. The van der Waals surface area contributed by atoms with E-state index < -0.39 is 30.8 Å². The smallest absolute Gasteiger partial charge is 0.159 e. The van der Waals surface area contributed by atoms with Gasteiger partial charge in [-0.05, 0) is 42.6 Å². The molecular formula is C35H40ClFN2O3Si. The minimum Gasteiger partial charge on any atom is -0.391 e. The Hall–Kier alpha value is -3.07. The van der Waals surface area contributed by atoms with Crippen LogP contribution in [0.15, 0.2) is 91.3 Å². The molecule has 1 aliphatic rings. The Morgan fingerprint density at radius 1 is 0.907 bits per heavy atom. The molecule has 0 bridgehead atoms. The van der Waals surface area contributed by atoms with Crippen molar-refractivity contribution in [1.82, 2.24) is 4.98 Å². The quantitative estimate of drug-likeness (QED) is 0.241. The zero-order chi connectivity index (χ0) is 30.9. The van der Waals surface area contributed by atoms with E-state index in [2.05, 4.69) is 50.0 Å². The predicted octanol–water partition coefficient (Wildman–Crippen LogP) is 6.21. The molecule has 0 saturated carbocycles. The molecule has 0 aliphatic carbocycles. The van der Waals surface area contributed by atoms with Crippen molar-refractivity contribution in [2.45, 2.75) is 63.7 Å². The molecular weight excluding hydrogens is 579 g/mol. The fourth-order valence-corrected chi connectivity index (χ4v) is 12.8. The molecule has 1 aromatic heterocycles. The topological polar surface area (TPSA) is 65.8 Å². The number of nitrogens with zero attached hydrogens (tertiary/aromatic N) is 2. The number of anilines is 1. The maximum Gasteiger partial charge on any atom is 0.159 e. The normalized spacial score (nSPS) is 19.2. The molecule has 0 amide bonds. The molecule has 1 saturated heterocycles. The van der Waals surface area contributed by atoms with E-state index in [1.807, 2.05) is 55.1 Å². The van der Waals surface area contributed by atoms with Crippen molar-refractivity contribution < 1.29 is 19.3 Å². The van der Waals surface area contributed by atoms with Crippen molar-refractivity contribution in [3.63, 3.8) is 0 Å². The highest BCUT2D eigenvalue weighted by Crippen LogP contribution is 2.49. The van der Waals surface area contributed by atoms with Crippen LogP contribution in [-0.4, -0.2) is 48.6 Å². The van der Waals surface area contributed by atoms with Gasteiger partial charge in [-0.15, -0.1) is 0 Å². The number of ether oxygens (including phenoxy) is 1. The predicted molar refractivity (Wildman–Crippen MR) is 175 cm³/mol. The molecule has 43 heavy (non-hydrogen) atoms. The SMILES string of the molecule is C[C@@H]1CN(c2c(C(O)[Si](c3ccccc3)(c3ccccc3)C(C)(C)C)cc(Cl)c(F)c2C(O)c2ccncc2)C[C@H](C)O1. The summed E-state index contributed by atoms with van der Waals surface area (Å²) in [6.07, 6.45) is 1.50. The number of hydrogen-bond donors (Lipinski definition) is 2. The number of aliphatic hydroxyl groups is 2. The Kier molecular flexibility index (Phi) is 9.12. The van der Waals surface area contributed by atoms with Crippen LogP contribution in [0.1, 0.15) is 63.1 Å². The second kappa shape index (κ2) is 12.5. The molecule has 5 rings (SSSR count). The van der Waals surface area contributed by atoms with Gasteiger partial charge >= 0.3 is 0 Å². The molecule has 2 N–H and O–H groups in total. The first-order valence-corrected chi connectivity index (χ1v) is 17.2. The zero-order valence-corrected chi connectivity index (χ0v) is 27.1. The molecule has 4 atom stereocenters. The monoisotopic (exact) mass is 618 g/mol. The molecule has 2 unspecified atom stereocenters. The third-order valence-corrected chi connectivity index (χ3v) is 14.9. The van der Waals surface area contributed by atoms with Gasteiger partial charge < -0.3 is 19.8 Å². The molecule has 1 aliphatic heterocycles. The number of morpholine rings is 1. The maximum atomic E-state index is 16.3. The average Bonchev–Trinajstić information content (AvgIpc) is 2.98. The van der Waals surface area contributed by atoms with Crippen LogP contribution >= 0.6 is 11.6 Å². The van der Waals surface area contributed by atoms with Gasteiger partial charge in [0.1, 0.15) is 11.9 Å². The highest BCUT2D eigenvalue weighted by molar-refractivity contribution is 7.04. The Morgan fingerprint density at radius 2 is 1.42 bits per heavy atom. The fraction of sp³-hybridized carbons (Fsp3) is 0.343. The van der Waals surface area contributed by atoms with Crippen molar-refractivity contribution in [2.24, 2.45) is 0 Å². The van der Waals surface area contributed by atoms with E-state index in [0.717, 1.165) is 10.4 Å². The number of rotatable bonds is 7. The summed E-state index contributed by atoms with van der Waals surface area (Å²) in [5.41, 5.74) is 0.450. The standard InChI is InChI=1S/C35H40ClFN2O3Si/c1-23-21-39(22-24(2)42-23)32-28(20-29(36)31(37)30(32)33(40)25-16-18-38-19-17-25)34(41)43(35(3,4)5,26-12-8-6-9-13-26)27-14-10-7-11-15-27/h6-20,23-24,33-34,40-41H,21-22H2,1-5H3/t23-,24+,33?,34?. The van der Waals surface area contributed by atoms with Gasteiger partial charge in [-0.3, -0.25) is 4.98 Å². The maximum absolute atomic E-state index is 16.3. The molecule has 2 heterocycles. The molecule has 8 heteroatoms. The summed E-state index contributed by atoms with van der Waals surface area (Å²) in [5.74, 6) is -0.703. The van der Waals surface area contributed by atoms with Gasteiger partial charge in [-0.1, -0.05) is 103 Å². The van der Waals surface area contributed by atoms with E-state index >= 15 is 4.39 Å². The zero-order valence-electron chi connectivity index (χ0n) is 25.3. The Morgan fingerprint density at radius 3 is 1.91 bits per heavy atom. The highest BCUT2D eigenvalue weighted by Gasteiger charge is 2.54. The van der Waals surface area contributed by atoms with Gasteiger partial charge in [-0.2, -0.15) is 0 Å². The number of pyridine rings is 1. The van der Waals surface area contributed by atoms with Gasteiger partial charge in [0.15, 0.2) is 8.07 Å². The Balaban J connectivity index is 1.87. The molecule has 4 aromatic rings. The summed E-state index contributed by atoms with van der Waals surface area (Å²) < 4.78 is 22.4. The summed E-state index contributed by atoms with van der Waals surface area (Å²) in [5, 5.41) is 26.4. The summed E-state index contributed by atoms with van der Waals surface area (Å²) in [6.45, 7) is 11.4. The average molecular weight is 619 g/mol. The number of aromatic nitrogens is 1. The van der Waals surface area contributed by atoms with Gasteiger partial charge in [0.2, 0.25) is 0 Å². The van der Waals surface area contributed by atoms with E-state index in [9.17, 15) is 10.2 Å². The highest BCUT2D eigenvalue weighted by atomic mass is 35.5. The summed E-state index contributed by atoms with van der Waals surface area (Å²) >= 11 is 6.68. The molecule has 226 valence electrons. The lowest BCUT2D eigenvalue weighted by molar-refractivity contribution is -0.00552. The molecule has 5 nitrogen and oxygen atoms in total. The van der Waals surface area contributed by atoms with E-state index in [0.29, 0.717) is 29.9 Å². The van der Waals surface area contributed by atoms with Crippen LogP contribution in [0.3, 0.4) is 0 Å². The lowest BCUT2D eigenvalue weighted by Gasteiger charge is -2.48. The summed E-state index contributed by atoms with van der Waals surface area (Å²) in [7, 11) is -3.17. The number of benzene rings is 3. The van der Waals surface area contributed by atoms with E-state index in [1.165, 1.54) is 0 Å². The second-order valence-electron chi connectivity index (χ2n) is 12.6. The van der Waals surface area contributed by atoms with Crippen LogP contribution in [0.25, 0.3) is 0 Å². The van der Waals surface area contributed by atoms with Crippen LogP contribution in [-0.2, 0) is 4.74 Å². The lowest BCUT2D eigenvalue weighted by atomic mass is 9.95. The van der Waals surface area contributed by atoms with Crippen LogP contribution in [0, 0.1) is 5.82 Å². The second-order valence-corrected chi connectivity index (χ2v) is 17.8. The summed E-state index contributed by atoms with van der Waals surface area (Å²) in [4.78, 5) is 6.12. The Labute approximate surface area is 260 Å². The molecule has 3 aromatic carbocycles. The molecule has 0 radical (unpaired) electrons. The van der Waals surface area contributed by atoms with Crippen molar-refractivity contribution in [2.75, 3.05) is 18.0 Å². The van der Waals surface area contributed by atoms with Crippen molar-refractivity contribution in [1.29, 1.82) is 0 Å². The number of hydrogen-bond acceptors (Lipinski definition) is 5. The van der Waals surface area contributed by atoms with Crippen molar-refractivity contribution in [3.8, 4) is 0 Å². The van der Waals surface area contributed by atoms with Gasteiger partial charge in [0.05, 0.1) is 28.6 Å². The van der Waals surface area contributed by atoms with Crippen LogP contribution < -0.4 is 15.3 Å². The van der Waals surface area contributed by atoms with E-state index in [1.54, 1.807) is 30.6 Å². The van der Waals surface area contributed by atoms with Gasteiger partial charge in [-0.25, -0.2) is 4.39 Å². The summed E-state index contributed by atoms with van der Waals surface area (Å²) in [6, 6.07) is 25.2. The van der Waals surface area contributed by atoms with E-state index in [-0.39, 0.29) is 22.8 Å². The minimum absolute atomic E-state index is 0.0481. The minimum atomic E-state index is -3.17. The Bertz CT molecular complexity index is 1490. The third kappa shape index (κ3) is 5.77. The van der Waals surface area contributed by atoms with Gasteiger partial charge in [0.25, 0.3) is 0 Å². The first kappa shape index (κ1) is 31.4. The van der Waals surface area contributed by atoms with E-state index in [4.69, 9.17) is 16.3 Å².